The molecule has 0 radical (unpaired) electrons. The molecule has 4 nitrogen and oxygen atoms in total. The number of ether oxygens (including phenoxy) is 1. The van der Waals surface area contributed by atoms with E-state index >= 15 is 0 Å². The quantitative estimate of drug-likeness (QED) is 0.345. The molecule has 0 aliphatic carbocycles. The van der Waals surface area contributed by atoms with Gasteiger partial charge in [-0.05, 0) is 60.5 Å². The van der Waals surface area contributed by atoms with E-state index in [9.17, 15) is 9.18 Å². The van der Waals surface area contributed by atoms with Crippen molar-refractivity contribution in [3.05, 3.63) is 89.0 Å². The van der Waals surface area contributed by atoms with Gasteiger partial charge in [0.25, 0.3) is 5.91 Å². The number of nitrogens with zero attached hydrogens (tertiary/aromatic N) is 2. The summed E-state index contributed by atoms with van der Waals surface area (Å²) in [7, 11) is 0. The molecule has 0 saturated carbocycles. The summed E-state index contributed by atoms with van der Waals surface area (Å²) in [5, 5.41) is 0.627. The number of benzene rings is 2. The summed E-state index contributed by atoms with van der Waals surface area (Å²) in [4.78, 5) is 14.8. The molecule has 0 aliphatic heterocycles. The summed E-state index contributed by atoms with van der Waals surface area (Å²) in [5.41, 5.74) is 2.04. The van der Waals surface area contributed by atoms with E-state index in [2.05, 4.69) is 11.5 Å². The van der Waals surface area contributed by atoms with E-state index in [1.807, 2.05) is 23.2 Å². The lowest BCUT2D eigenvalue weighted by atomic mass is 10.2. The lowest BCUT2D eigenvalue weighted by Gasteiger charge is -2.24. The van der Waals surface area contributed by atoms with E-state index in [0.29, 0.717) is 30.4 Å². The first-order chi connectivity index (χ1) is 15.0. The average Bonchev–Trinajstić information content (AvgIpc) is 3.20. The Morgan fingerprint density at radius 1 is 1.06 bits per heavy atom. The van der Waals surface area contributed by atoms with Crippen molar-refractivity contribution < 1.29 is 13.9 Å². The van der Waals surface area contributed by atoms with Gasteiger partial charge in [-0.25, -0.2) is 4.39 Å². The predicted octanol–water partition coefficient (Wildman–Crippen LogP) is 5.93. The van der Waals surface area contributed by atoms with Crippen molar-refractivity contribution in [2.24, 2.45) is 0 Å². The van der Waals surface area contributed by atoms with Crippen molar-refractivity contribution in [1.82, 2.24) is 9.47 Å². The third-order valence-electron chi connectivity index (χ3n) is 5.10. The number of carbonyl (C=O) groups is 1. The van der Waals surface area contributed by atoms with Gasteiger partial charge in [-0.1, -0.05) is 43.5 Å². The van der Waals surface area contributed by atoms with E-state index in [0.717, 1.165) is 30.5 Å². The summed E-state index contributed by atoms with van der Waals surface area (Å²) in [6.45, 7) is 3.93. The third-order valence-corrected chi connectivity index (χ3v) is 5.35. The van der Waals surface area contributed by atoms with Gasteiger partial charge in [-0.3, -0.25) is 4.79 Å². The molecule has 6 heteroatoms. The molecule has 0 bridgehead atoms. The molecule has 0 saturated heterocycles. The first kappa shape index (κ1) is 22.9. The standard InChI is InChI=1S/C25H28ClFN2O2/c1-2-3-4-15-29(25(30)19-31-24-13-9-21(26)10-14-24)18-23-6-5-16-28(23)17-20-7-11-22(27)12-8-20/h5-14,16H,2-4,15,17-19H2,1H3. The number of carbonyl (C=O) groups excluding carboxylic acids is 1. The largest absolute Gasteiger partial charge is 0.484 e. The Bertz CT molecular complexity index is 954. The van der Waals surface area contributed by atoms with Gasteiger partial charge in [0.15, 0.2) is 6.61 Å². The number of halogens is 2. The molecule has 1 aromatic heterocycles. The Labute approximate surface area is 188 Å². The van der Waals surface area contributed by atoms with Gasteiger partial charge in [0.2, 0.25) is 0 Å². The molecule has 3 aromatic rings. The monoisotopic (exact) mass is 442 g/mol. The molecule has 0 atom stereocenters. The number of amides is 1. The number of unbranched alkanes of at least 4 members (excludes halogenated alkanes) is 2. The minimum atomic E-state index is -0.245. The maximum Gasteiger partial charge on any atom is 0.260 e. The van der Waals surface area contributed by atoms with Crippen LogP contribution in [0.15, 0.2) is 66.9 Å². The SMILES string of the molecule is CCCCCN(Cc1cccn1Cc1ccc(F)cc1)C(=O)COc1ccc(Cl)cc1. The zero-order valence-corrected chi connectivity index (χ0v) is 18.5. The Morgan fingerprint density at radius 3 is 2.52 bits per heavy atom. The topological polar surface area (TPSA) is 34.5 Å². The van der Waals surface area contributed by atoms with E-state index < -0.39 is 0 Å². The van der Waals surface area contributed by atoms with Gasteiger partial charge < -0.3 is 14.2 Å². The molecule has 0 unspecified atom stereocenters. The molecule has 0 aliphatic rings. The molecular formula is C25H28ClFN2O2. The Morgan fingerprint density at radius 2 is 1.81 bits per heavy atom. The van der Waals surface area contributed by atoms with Crippen LogP contribution in [0.2, 0.25) is 5.02 Å². The van der Waals surface area contributed by atoms with Crippen LogP contribution in [0.3, 0.4) is 0 Å². The number of hydrogen-bond acceptors (Lipinski definition) is 2. The number of hydrogen-bond donors (Lipinski definition) is 0. The van der Waals surface area contributed by atoms with Crippen LogP contribution in [0, 0.1) is 5.82 Å². The number of rotatable bonds is 11. The Balaban J connectivity index is 1.66. The fourth-order valence-corrected chi connectivity index (χ4v) is 3.47. The summed E-state index contributed by atoms with van der Waals surface area (Å²) in [5.74, 6) is 0.316. The normalized spacial score (nSPS) is 10.8. The van der Waals surface area contributed by atoms with Gasteiger partial charge in [-0.2, -0.15) is 0 Å². The van der Waals surface area contributed by atoms with Crippen LogP contribution < -0.4 is 4.74 Å². The second kappa shape index (κ2) is 11.6. The van der Waals surface area contributed by atoms with Crippen LogP contribution in [-0.4, -0.2) is 28.5 Å². The first-order valence-corrected chi connectivity index (χ1v) is 11.0. The highest BCUT2D eigenvalue weighted by Gasteiger charge is 2.16. The van der Waals surface area contributed by atoms with Crippen LogP contribution >= 0.6 is 11.6 Å². The predicted molar refractivity (Wildman–Crippen MR) is 122 cm³/mol. The highest BCUT2D eigenvalue weighted by molar-refractivity contribution is 6.30. The van der Waals surface area contributed by atoms with Crippen LogP contribution in [0.4, 0.5) is 4.39 Å². The second-order valence-electron chi connectivity index (χ2n) is 7.52. The Kier molecular flexibility index (Phi) is 8.53. The molecule has 31 heavy (non-hydrogen) atoms. The zero-order chi connectivity index (χ0) is 22.1. The van der Waals surface area contributed by atoms with Crippen LogP contribution in [0.5, 0.6) is 5.75 Å². The smallest absolute Gasteiger partial charge is 0.260 e. The van der Waals surface area contributed by atoms with E-state index in [1.165, 1.54) is 12.1 Å². The molecule has 2 aromatic carbocycles. The molecule has 3 rings (SSSR count). The van der Waals surface area contributed by atoms with Gasteiger partial charge in [0.1, 0.15) is 11.6 Å². The van der Waals surface area contributed by atoms with Crippen molar-refractivity contribution in [3.63, 3.8) is 0 Å². The summed E-state index contributed by atoms with van der Waals surface area (Å²) in [6.07, 6.45) is 5.09. The van der Waals surface area contributed by atoms with Crippen molar-refractivity contribution in [1.29, 1.82) is 0 Å². The highest BCUT2D eigenvalue weighted by Crippen LogP contribution is 2.16. The molecule has 0 spiro atoms. The van der Waals surface area contributed by atoms with Crippen molar-refractivity contribution in [2.75, 3.05) is 13.2 Å². The van der Waals surface area contributed by atoms with Crippen molar-refractivity contribution in [3.8, 4) is 5.75 Å². The highest BCUT2D eigenvalue weighted by atomic mass is 35.5. The van der Waals surface area contributed by atoms with Gasteiger partial charge in [-0.15, -0.1) is 0 Å². The van der Waals surface area contributed by atoms with Gasteiger partial charge in [0, 0.05) is 30.0 Å². The van der Waals surface area contributed by atoms with Gasteiger partial charge in [0.05, 0.1) is 6.54 Å². The summed E-state index contributed by atoms with van der Waals surface area (Å²) in [6, 6.07) is 17.5. The van der Waals surface area contributed by atoms with Gasteiger partial charge >= 0.3 is 0 Å². The average molecular weight is 443 g/mol. The lowest BCUT2D eigenvalue weighted by molar-refractivity contribution is -0.134. The summed E-state index contributed by atoms with van der Waals surface area (Å²) >= 11 is 5.90. The summed E-state index contributed by atoms with van der Waals surface area (Å²) < 4.78 is 21.0. The van der Waals surface area contributed by atoms with Crippen LogP contribution in [0.25, 0.3) is 0 Å². The molecule has 1 amide bonds. The lowest BCUT2D eigenvalue weighted by Crippen LogP contribution is -2.36. The molecule has 0 fully saturated rings. The Hall–Kier alpha value is -2.79. The van der Waals surface area contributed by atoms with E-state index in [1.54, 1.807) is 36.4 Å². The maximum absolute atomic E-state index is 13.2. The van der Waals surface area contributed by atoms with E-state index in [-0.39, 0.29) is 18.3 Å². The van der Waals surface area contributed by atoms with Crippen molar-refractivity contribution in [2.45, 2.75) is 39.3 Å². The maximum atomic E-state index is 13.2. The zero-order valence-electron chi connectivity index (χ0n) is 17.8. The van der Waals surface area contributed by atoms with Crippen molar-refractivity contribution >= 4 is 17.5 Å². The second-order valence-corrected chi connectivity index (χ2v) is 7.96. The minimum absolute atomic E-state index is 0.0214. The molecular weight excluding hydrogens is 415 g/mol. The molecule has 0 N–H and O–H groups in total. The molecule has 164 valence electrons. The first-order valence-electron chi connectivity index (χ1n) is 10.6. The fourth-order valence-electron chi connectivity index (χ4n) is 3.34. The van der Waals surface area contributed by atoms with E-state index in [4.69, 9.17) is 16.3 Å². The molecule has 1 heterocycles. The van der Waals surface area contributed by atoms with Crippen LogP contribution in [0.1, 0.15) is 37.4 Å². The minimum Gasteiger partial charge on any atom is -0.484 e. The fraction of sp³-hybridized carbons (Fsp3) is 0.320. The number of aromatic nitrogens is 1. The van der Waals surface area contributed by atoms with Crippen LogP contribution in [-0.2, 0) is 17.9 Å². The third kappa shape index (κ3) is 7.14.